The first-order valence-corrected chi connectivity index (χ1v) is 6.69. The normalized spacial score (nSPS) is 11.2. The van der Waals surface area contributed by atoms with Gasteiger partial charge in [-0.25, -0.2) is 4.39 Å². The highest BCUT2D eigenvalue weighted by molar-refractivity contribution is 5.77. The van der Waals surface area contributed by atoms with Crippen molar-refractivity contribution in [2.75, 3.05) is 19.8 Å². The Kier molecular flexibility index (Phi) is 6.45. The molecule has 0 radical (unpaired) electrons. The fourth-order valence-electron chi connectivity index (χ4n) is 1.74. The van der Waals surface area contributed by atoms with Crippen molar-refractivity contribution in [3.63, 3.8) is 0 Å². The first-order chi connectivity index (χ1) is 9.43. The zero-order chi connectivity index (χ0) is 15.0. The van der Waals surface area contributed by atoms with Gasteiger partial charge in [0, 0.05) is 19.2 Å². The van der Waals surface area contributed by atoms with Gasteiger partial charge in [0.05, 0.1) is 0 Å². The molecule has 0 heterocycles. The Labute approximate surface area is 119 Å². The standard InChI is InChI=1S/C15H22FNO3/c1-15(2,7-4-8-18)11-17-14(19)10-20-13-6-3-5-12(16)9-13/h3,5-6,9,18H,4,7-8,10-11H2,1-2H3,(H,17,19). The number of aliphatic hydroxyl groups excluding tert-OH is 1. The van der Waals surface area contributed by atoms with Gasteiger partial charge in [0.2, 0.25) is 0 Å². The zero-order valence-electron chi connectivity index (χ0n) is 12.0. The topological polar surface area (TPSA) is 58.6 Å². The number of rotatable bonds is 8. The second kappa shape index (κ2) is 7.85. The second-order valence-corrected chi connectivity index (χ2v) is 5.51. The molecule has 1 rings (SSSR count). The molecule has 20 heavy (non-hydrogen) atoms. The number of nitrogens with one attached hydrogen (secondary N) is 1. The van der Waals surface area contributed by atoms with E-state index in [-0.39, 0.29) is 24.5 Å². The van der Waals surface area contributed by atoms with Gasteiger partial charge >= 0.3 is 0 Å². The van der Waals surface area contributed by atoms with Crippen LogP contribution in [0.2, 0.25) is 0 Å². The maximum absolute atomic E-state index is 12.9. The average molecular weight is 283 g/mol. The Morgan fingerprint density at radius 2 is 2.20 bits per heavy atom. The Balaban J connectivity index is 2.30. The van der Waals surface area contributed by atoms with E-state index in [0.717, 1.165) is 6.42 Å². The number of benzene rings is 1. The predicted octanol–water partition coefficient (Wildman–Crippen LogP) is 2.12. The lowest BCUT2D eigenvalue weighted by Crippen LogP contribution is -2.36. The van der Waals surface area contributed by atoms with Crippen molar-refractivity contribution < 1.29 is 19.0 Å². The number of ether oxygens (including phenoxy) is 1. The van der Waals surface area contributed by atoms with Crippen LogP contribution in [0.1, 0.15) is 26.7 Å². The van der Waals surface area contributed by atoms with Crippen LogP contribution in [0.5, 0.6) is 5.75 Å². The van der Waals surface area contributed by atoms with E-state index in [2.05, 4.69) is 5.32 Å². The Hall–Kier alpha value is -1.62. The van der Waals surface area contributed by atoms with Crippen LogP contribution in [0.25, 0.3) is 0 Å². The smallest absolute Gasteiger partial charge is 0.257 e. The van der Waals surface area contributed by atoms with E-state index in [1.807, 2.05) is 13.8 Å². The van der Waals surface area contributed by atoms with Crippen molar-refractivity contribution in [1.82, 2.24) is 5.32 Å². The maximum atomic E-state index is 12.9. The first kappa shape index (κ1) is 16.4. The number of carbonyl (C=O) groups is 1. The van der Waals surface area contributed by atoms with E-state index in [1.165, 1.54) is 18.2 Å². The molecule has 0 saturated carbocycles. The summed E-state index contributed by atoms with van der Waals surface area (Å²) in [4.78, 5) is 11.6. The Morgan fingerprint density at radius 3 is 2.85 bits per heavy atom. The van der Waals surface area contributed by atoms with Gasteiger partial charge in [0.15, 0.2) is 6.61 Å². The predicted molar refractivity (Wildman–Crippen MR) is 75.0 cm³/mol. The van der Waals surface area contributed by atoms with Crippen LogP contribution in [0, 0.1) is 11.2 Å². The molecule has 0 aromatic heterocycles. The van der Waals surface area contributed by atoms with Gasteiger partial charge in [-0.1, -0.05) is 19.9 Å². The third-order valence-electron chi connectivity index (χ3n) is 2.94. The molecule has 4 nitrogen and oxygen atoms in total. The molecule has 112 valence electrons. The summed E-state index contributed by atoms with van der Waals surface area (Å²) in [6, 6.07) is 5.68. The molecule has 2 N–H and O–H groups in total. The van der Waals surface area contributed by atoms with Crippen molar-refractivity contribution in [2.45, 2.75) is 26.7 Å². The summed E-state index contributed by atoms with van der Waals surface area (Å²) >= 11 is 0. The summed E-state index contributed by atoms with van der Waals surface area (Å²) in [5.74, 6) is -0.306. The van der Waals surface area contributed by atoms with Gasteiger partial charge in [-0.2, -0.15) is 0 Å². The SMILES string of the molecule is CC(C)(CCCO)CNC(=O)COc1cccc(F)c1. The van der Waals surface area contributed by atoms with Crippen LogP contribution < -0.4 is 10.1 Å². The molecule has 0 fully saturated rings. The highest BCUT2D eigenvalue weighted by atomic mass is 19.1. The van der Waals surface area contributed by atoms with Gasteiger partial charge < -0.3 is 15.2 Å². The molecular weight excluding hydrogens is 261 g/mol. The fourth-order valence-corrected chi connectivity index (χ4v) is 1.74. The molecule has 0 spiro atoms. The highest BCUT2D eigenvalue weighted by Crippen LogP contribution is 2.20. The van der Waals surface area contributed by atoms with Crippen molar-refractivity contribution in [2.24, 2.45) is 5.41 Å². The number of hydrogen-bond donors (Lipinski definition) is 2. The van der Waals surface area contributed by atoms with E-state index < -0.39 is 5.82 Å². The van der Waals surface area contributed by atoms with Crippen LogP contribution in [-0.2, 0) is 4.79 Å². The molecule has 0 unspecified atom stereocenters. The molecular formula is C15H22FNO3. The monoisotopic (exact) mass is 283 g/mol. The van der Waals surface area contributed by atoms with Crippen molar-refractivity contribution in [3.8, 4) is 5.75 Å². The molecule has 1 aromatic rings. The lowest BCUT2D eigenvalue weighted by Gasteiger charge is -2.24. The van der Waals surface area contributed by atoms with Gasteiger partial charge in [-0.15, -0.1) is 0 Å². The molecule has 0 aliphatic heterocycles. The molecule has 0 aliphatic rings. The van der Waals surface area contributed by atoms with Gasteiger partial charge in [-0.3, -0.25) is 4.79 Å². The molecule has 5 heteroatoms. The zero-order valence-corrected chi connectivity index (χ0v) is 12.0. The molecule has 0 bridgehead atoms. The second-order valence-electron chi connectivity index (χ2n) is 5.51. The highest BCUT2D eigenvalue weighted by Gasteiger charge is 2.18. The summed E-state index contributed by atoms with van der Waals surface area (Å²) < 4.78 is 18.1. The Morgan fingerprint density at radius 1 is 1.45 bits per heavy atom. The minimum atomic E-state index is -0.395. The fraction of sp³-hybridized carbons (Fsp3) is 0.533. The largest absolute Gasteiger partial charge is 0.484 e. The van der Waals surface area contributed by atoms with Gasteiger partial charge in [0.25, 0.3) is 5.91 Å². The van der Waals surface area contributed by atoms with Crippen molar-refractivity contribution in [1.29, 1.82) is 0 Å². The quantitative estimate of drug-likeness (QED) is 0.768. The van der Waals surface area contributed by atoms with E-state index >= 15 is 0 Å². The minimum Gasteiger partial charge on any atom is -0.484 e. The molecule has 0 saturated heterocycles. The lowest BCUT2D eigenvalue weighted by molar-refractivity contribution is -0.123. The Bertz CT molecular complexity index is 435. The van der Waals surface area contributed by atoms with E-state index in [9.17, 15) is 9.18 Å². The van der Waals surface area contributed by atoms with E-state index in [4.69, 9.17) is 9.84 Å². The molecule has 0 atom stereocenters. The van der Waals surface area contributed by atoms with E-state index in [0.29, 0.717) is 18.7 Å². The molecule has 1 aromatic carbocycles. The van der Waals surface area contributed by atoms with Crippen molar-refractivity contribution >= 4 is 5.91 Å². The van der Waals surface area contributed by atoms with Crippen LogP contribution in [0.4, 0.5) is 4.39 Å². The lowest BCUT2D eigenvalue weighted by atomic mass is 9.88. The third kappa shape index (κ3) is 6.52. The van der Waals surface area contributed by atoms with Crippen LogP contribution in [0.3, 0.4) is 0 Å². The minimum absolute atomic E-state index is 0.0722. The van der Waals surface area contributed by atoms with Crippen LogP contribution >= 0.6 is 0 Å². The summed E-state index contributed by atoms with van der Waals surface area (Å²) in [6.45, 7) is 4.57. The number of aliphatic hydroxyl groups is 1. The molecule has 1 amide bonds. The number of halogens is 1. The number of amides is 1. The summed E-state index contributed by atoms with van der Waals surface area (Å²) in [7, 11) is 0. The summed E-state index contributed by atoms with van der Waals surface area (Å²) in [6.07, 6.45) is 1.54. The van der Waals surface area contributed by atoms with E-state index in [1.54, 1.807) is 6.07 Å². The summed E-state index contributed by atoms with van der Waals surface area (Å²) in [5.41, 5.74) is -0.0722. The maximum Gasteiger partial charge on any atom is 0.257 e. The van der Waals surface area contributed by atoms with Gasteiger partial charge in [0.1, 0.15) is 11.6 Å². The number of carbonyl (C=O) groups excluding carboxylic acids is 1. The molecule has 0 aliphatic carbocycles. The van der Waals surface area contributed by atoms with Crippen molar-refractivity contribution in [3.05, 3.63) is 30.1 Å². The number of hydrogen-bond acceptors (Lipinski definition) is 3. The van der Waals surface area contributed by atoms with Crippen LogP contribution in [-0.4, -0.2) is 30.8 Å². The summed E-state index contributed by atoms with van der Waals surface area (Å²) in [5, 5.41) is 11.6. The third-order valence-corrected chi connectivity index (χ3v) is 2.94. The first-order valence-electron chi connectivity index (χ1n) is 6.69. The van der Waals surface area contributed by atoms with Gasteiger partial charge in [-0.05, 0) is 30.4 Å². The average Bonchev–Trinajstić information content (AvgIpc) is 2.41. The van der Waals surface area contributed by atoms with Crippen LogP contribution in [0.15, 0.2) is 24.3 Å².